The smallest absolute Gasteiger partial charge is 0.181 e. The van der Waals surface area contributed by atoms with Gasteiger partial charge in [0.25, 0.3) is 0 Å². The molecule has 3 aliphatic rings. The lowest BCUT2D eigenvalue weighted by atomic mass is 9.89. The molecule has 0 bridgehead atoms. The molecule has 0 amide bonds. The van der Waals surface area contributed by atoms with Gasteiger partial charge in [-0.05, 0) is 49.1 Å². The molecule has 0 spiro atoms. The molecule has 2 aromatic carbocycles. The second kappa shape index (κ2) is 6.77. The van der Waals surface area contributed by atoms with Crippen LogP contribution in [0.15, 0.2) is 47.2 Å². The molecule has 3 aromatic rings. The highest BCUT2D eigenvalue weighted by molar-refractivity contribution is 5.80. The zero-order valence-electron chi connectivity index (χ0n) is 17.1. The van der Waals surface area contributed by atoms with Crippen LogP contribution in [0.5, 0.6) is 0 Å². The SMILES string of the molecule is CN1CCN2c3c(cccc31)C1CN(CCCc3cccc4ncoc34)CCC12. The first-order valence-corrected chi connectivity index (χ1v) is 10.9. The lowest BCUT2D eigenvalue weighted by molar-refractivity contribution is 0.191. The Labute approximate surface area is 171 Å². The molecule has 2 unspecified atom stereocenters. The largest absolute Gasteiger partial charge is 0.443 e. The molecule has 0 aliphatic carbocycles. The Bertz CT molecular complexity index is 1040. The second-order valence-electron chi connectivity index (χ2n) is 8.81. The van der Waals surface area contributed by atoms with Crippen molar-refractivity contribution < 1.29 is 4.42 Å². The zero-order valence-corrected chi connectivity index (χ0v) is 17.1. The van der Waals surface area contributed by atoms with Gasteiger partial charge in [-0.3, -0.25) is 0 Å². The van der Waals surface area contributed by atoms with Crippen molar-refractivity contribution in [2.45, 2.75) is 31.2 Å². The fourth-order valence-corrected chi connectivity index (χ4v) is 5.81. The number of benzene rings is 2. The maximum Gasteiger partial charge on any atom is 0.181 e. The molecule has 2 atom stereocenters. The van der Waals surface area contributed by atoms with Gasteiger partial charge in [-0.2, -0.15) is 0 Å². The van der Waals surface area contributed by atoms with Crippen LogP contribution >= 0.6 is 0 Å². The van der Waals surface area contributed by atoms with Crippen LogP contribution in [0.4, 0.5) is 11.4 Å². The van der Waals surface area contributed by atoms with Gasteiger partial charge < -0.3 is 19.1 Å². The minimum Gasteiger partial charge on any atom is -0.443 e. The van der Waals surface area contributed by atoms with Crippen LogP contribution in [0, 0.1) is 0 Å². The molecule has 6 rings (SSSR count). The molecule has 1 aromatic heterocycles. The third kappa shape index (κ3) is 2.75. The summed E-state index contributed by atoms with van der Waals surface area (Å²) >= 11 is 0. The molecule has 5 heteroatoms. The van der Waals surface area contributed by atoms with Gasteiger partial charge in [-0.15, -0.1) is 0 Å². The predicted molar refractivity (Wildman–Crippen MR) is 117 cm³/mol. The van der Waals surface area contributed by atoms with Crippen LogP contribution in [-0.4, -0.2) is 55.7 Å². The number of fused-ring (bicyclic) bond motifs is 4. The first kappa shape index (κ1) is 17.3. The summed E-state index contributed by atoms with van der Waals surface area (Å²) in [6, 6.07) is 13.9. The molecule has 0 N–H and O–H groups in total. The molecule has 4 heterocycles. The lowest BCUT2D eigenvalue weighted by Crippen LogP contribution is -2.49. The summed E-state index contributed by atoms with van der Waals surface area (Å²) in [5.74, 6) is 0.655. The van der Waals surface area contributed by atoms with Gasteiger partial charge in [0.2, 0.25) is 0 Å². The van der Waals surface area contributed by atoms with Crippen molar-refractivity contribution in [3.05, 3.63) is 53.9 Å². The van der Waals surface area contributed by atoms with Crippen molar-refractivity contribution >= 4 is 22.5 Å². The molecule has 29 heavy (non-hydrogen) atoms. The number of rotatable bonds is 4. The molecule has 3 aliphatic heterocycles. The molecular weight excluding hydrogens is 360 g/mol. The summed E-state index contributed by atoms with van der Waals surface area (Å²) in [4.78, 5) is 12.1. The van der Waals surface area contributed by atoms with Crippen LogP contribution < -0.4 is 9.80 Å². The number of hydrogen-bond acceptors (Lipinski definition) is 5. The molecule has 1 saturated heterocycles. The normalized spacial score (nSPS) is 23.5. The Morgan fingerprint density at radius 1 is 1.10 bits per heavy atom. The lowest BCUT2D eigenvalue weighted by Gasteiger charge is -2.41. The highest BCUT2D eigenvalue weighted by Crippen LogP contribution is 2.50. The molecule has 0 radical (unpaired) electrons. The Balaban J connectivity index is 1.16. The highest BCUT2D eigenvalue weighted by atomic mass is 16.3. The number of anilines is 2. The van der Waals surface area contributed by atoms with E-state index in [0.717, 1.165) is 37.0 Å². The Kier molecular flexibility index (Phi) is 4.05. The van der Waals surface area contributed by atoms with Crippen LogP contribution in [0.1, 0.15) is 29.9 Å². The van der Waals surface area contributed by atoms with E-state index < -0.39 is 0 Å². The predicted octanol–water partition coefficient (Wildman–Crippen LogP) is 3.89. The molecule has 1 fully saturated rings. The number of aryl methyl sites for hydroxylation is 1. The number of oxazole rings is 1. The van der Waals surface area contributed by atoms with Crippen molar-refractivity contribution in [2.75, 3.05) is 49.6 Å². The molecule has 150 valence electrons. The van der Waals surface area contributed by atoms with Crippen LogP contribution in [0.25, 0.3) is 11.1 Å². The quantitative estimate of drug-likeness (QED) is 0.678. The number of piperidine rings is 1. The summed E-state index contributed by atoms with van der Waals surface area (Å²) in [6.07, 6.45) is 5.05. The minimum absolute atomic E-state index is 0.655. The van der Waals surface area contributed by atoms with Gasteiger partial charge in [-0.1, -0.05) is 24.3 Å². The van der Waals surface area contributed by atoms with E-state index in [1.54, 1.807) is 12.0 Å². The van der Waals surface area contributed by atoms with E-state index >= 15 is 0 Å². The summed E-state index contributed by atoms with van der Waals surface area (Å²) in [5, 5.41) is 0. The van der Waals surface area contributed by atoms with E-state index in [1.165, 1.54) is 43.0 Å². The number of nitrogens with zero attached hydrogens (tertiary/aromatic N) is 4. The van der Waals surface area contributed by atoms with Crippen LogP contribution in [0.2, 0.25) is 0 Å². The third-order valence-corrected chi connectivity index (χ3v) is 7.24. The molecular formula is C24H28N4O. The van der Waals surface area contributed by atoms with Gasteiger partial charge >= 0.3 is 0 Å². The monoisotopic (exact) mass is 388 g/mol. The maximum absolute atomic E-state index is 5.60. The zero-order chi connectivity index (χ0) is 19.4. The van der Waals surface area contributed by atoms with Gasteiger partial charge in [0.15, 0.2) is 12.0 Å². The highest BCUT2D eigenvalue weighted by Gasteiger charge is 2.44. The first-order chi connectivity index (χ1) is 14.3. The summed E-state index contributed by atoms with van der Waals surface area (Å²) < 4.78 is 5.60. The van der Waals surface area contributed by atoms with Gasteiger partial charge in [0, 0.05) is 45.2 Å². The minimum atomic E-state index is 0.655. The Morgan fingerprint density at radius 3 is 3.00 bits per heavy atom. The van der Waals surface area contributed by atoms with E-state index in [2.05, 4.69) is 57.1 Å². The third-order valence-electron chi connectivity index (χ3n) is 7.24. The van der Waals surface area contributed by atoms with Crippen LogP contribution in [-0.2, 0) is 6.42 Å². The van der Waals surface area contributed by atoms with Gasteiger partial charge in [0.05, 0.1) is 11.4 Å². The number of likely N-dealkylation sites (tertiary alicyclic amines) is 1. The van der Waals surface area contributed by atoms with E-state index in [0.29, 0.717) is 12.0 Å². The van der Waals surface area contributed by atoms with Crippen molar-refractivity contribution in [3.63, 3.8) is 0 Å². The van der Waals surface area contributed by atoms with Crippen LogP contribution in [0.3, 0.4) is 0 Å². The maximum atomic E-state index is 5.60. The Morgan fingerprint density at radius 2 is 2.03 bits per heavy atom. The number of hydrogen-bond donors (Lipinski definition) is 0. The number of aromatic nitrogens is 1. The summed E-state index contributed by atoms with van der Waals surface area (Å²) in [7, 11) is 2.23. The average molecular weight is 389 g/mol. The van der Waals surface area contributed by atoms with E-state index in [4.69, 9.17) is 4.42 Å². The fourth-order valence-electron chi connectivity index (χ4n) is 5.81. The molecule has 0 saturated carbocycles. The Hall–Kier alpha value is -2.53. The number of para-hydroxylation sites is 2. The first-order valence-electron chi connectivity index (χ1n) is 10.9. The average Bonchev–Trinajstić information content (AvgIpc) is 3.35. The van der Waals surface area contributed by atoms with Gasteiger partial charge in [0.1, 0.15) is 5.52 Å². The molecule has 5 nitrogen and oxygen atoms in total. The van der Waals surface area contributed by atoms with E-state index in [1.807, 2.05) is 6.07 Å². The van der Waals surface area contributed by atoms with E-state index in [9.17, 15) is 0 Å². The fraction of sp³-hybridized carbons (Fsp3) is 0.458. The summed E-state index contributed by atoms with van der Waals surface area (Å²) in [6.45, 7) is 5.86. The summed E-state index contributed by atoms with van der Waals surface area (Å²) in [5.41, 5.74) is 7.74. The van der Waals surface area contributed by atoms with E-state index in [-0.39, 0.29) is 0 Å². The van der Waals surface area contributed by atoms with Crippen molar-refractivity contribution in [3.8, 4) is 0 Å². The number of likely N-dealkylation sites (N-methyl/N-ethyl adjacent to an activating group) is 1. The second-order valence-corrected chi connectivity index (χ2v) is 8.81. The van der Waals surface area contributed by atoms with Crippen molar-refractivity contribution in [1.29, 1.82) is 0 Å². The van der Waals surface area contributed by atoms with Gasteiger partial charge in [-0.25, -0.2) is 4.98 Å². The topological polar surface area (TPSA) is 35.8 Å². The van der Waals surface area contributed by atoms with Crippen molar-refractivity contribution in [2.24, 2.45) is 0 Å². The standard InChI is InChI=1S/C24H28N4O/c1-26-13-14-28-21-10-12-27(15-19(21)18-7-3-9-22(26)23(18)28)11-4-6-17-5-2-8-20-24(17)29-16-25-20/h2-3,5,7-9,16,19,21H,4,6,10-15H2,1H3. The van der Waals surface area contributed by atoms with Crippen molar-refractivity contribution in [1.82, 2.24) is 9.88 Å².